The van der Waals surface area contributed by atoms with E-state index in [1.54, 1.807) is 13.3 Å². The number of nitrogens with zero attached hydrogens (tertiary/aromatic N) is 3. The number of methoxy groups -OCH3 is 1. The fraction of sp³-hybridized carbons (Fsp3) is 0.138. The standard InChI is InChI=1S/C29H27N7O2/c1-38-26-13-23-18(9-10-31-28(23)30)11-20(26)14-33-29(37)25-17-36-16-19-7-8-22(34-21-5-3-2-4-6-21)12-24(19)32-15-27(36)35-25/h2-13,17,32,34H,14-16H2,1H3,(H2,30,31)(H,33,37). The zero-order valence-electron chi connectivity index (χ0n) is 20.9. The molecule has 0 bridgehead atoms. The Morgan fingerprint density at radius 3 is 2.82 bits per heavy atom. The van der Waals surface area contributed by atoms with Crippen LogP contribution >= 0.6 is 0 Å². The Morgan fingerprint density at radius 2 is 1.97 bits per heavy atom. The fourth-order valence-electron chi connectivity index (χ4n) is 4.71. The van der Waals surface area contributed by atoms with Crippen molar-refractivity contribution in [2.75, 3.05) is 23.5 Å². The summed E-state index contributed by atoms with van der Waals surface area (Å²) in [5, 5.41) is 11.6. The molecule has 1 aliphatic rings. The summed E-state index contributed by atoms with van der Waals surface area (Å²) in [6, 6.07) is 22.0. The van der Waals surface area contributed by atoms with Gasteiger partial charge < -0.3 is 31.0 Å². The molecule has 0 spiro atoms. The number of imidazole rings is 1. The second kappa shape index (κ2) is 9.78. The number of benzene rings is 3. The van der Waals surface area contributed by atoms with Crippen molar-refractivity contribution >= 4 is 39.6 Å². The van der Waals surface area contributed by atoms with Crippen LogP contribution in [0.3, 0.4) is 0 Å². The van der Waals surface area contributed by atoms with Crippen molar-refractivity contribution in [2.45, 2.75) is 19.6 Å². The lowest BCUT2D eigenvalue weighted by molar-refractivity contribution is 0.0946. The van der Waals surface area contributed by atoms with Gasteiger partial charge in [0.25, 0.3) is 5.91 Å². The molecule has 9 nitrogen and oxygen atoms in total. The van der Waals surface area contributed by atoms with Crippen molar-refractivity contribution in [3.8, 4) is 5.75 Å². The van der Waals surface area contributed by atoms with Crippen molar-refractivity contribution < 1.29 is 9.53 Å². The molecule has 0 aliphatic carbocycles. The minimum absolute atomic E-state index is 0.246. The quantitative estimate of drug-likeness (QED) is 0.265. The lowest BCUT2D eigenvalue weighted by Gasteiger charge is -2.12. The Balaban J connectivity index is 1.16. The average molecular weight is 506 g/mol. The van der Waals surface area contributed by atoms with Crippen LogP contribution in [0.2, 0.25) is 0 Å². The molecular weight excluding hydrogens is 478 g/mol. The van der Waals surface area contributed by atoms with E-state index in [-0.39, 0.29) is 5.91 Å². The summed E-state index contributed by atoms with van der Waals surface area (Å²) < 4.78 is 7.55. The average Bonchev–Trinajstić information content (AvgIpc) is 3.26. The van der Waals surface area contributed by atoms with Crippen LogP contribution in [0.1, 0.15) is 27.4 Å². The first-order chi connectivity index (χ1) is 18.6. The number of hydrogen-bond donors (Lipinski definition) is 4. The molecule has 5 aromatic rings. The van der Waals surface area contributed by atoms with Gasteiger partial charge in [0.2, 0.25) is 0 Å². The van der Waals surface area contributed by atoms with Crippen LogP contribution in [0.5, 0.6) is 5.75 Å². The number of carbonyl (C=O) groups is 1. The van der Waals surface area contributed by atoms with Gasteiger partial charge in [-0.25, -0.2) is 9.97 Å². The van der Waals surface area contributed by atoms with E-state index in [0.717, 1.165) is 44.8 Å². The maximum atomic E-state index is 13.0. The first-order valence-corrected chi connectivity index (χ1v) is 12.3. The predicted octanol–water partition coefficient (Wildman–Crippen LogP) is 4.67. The molecule has 0 fully saturated rings. The van der Waals surface area contributed by atoms with Crippen LogP contribution in [0, 0.1) is 0 Å². The van der Waals surface area contributed by atoms with Gasteiger partial charge in [-0.3, -0.25) is 4.79 Å². The van der Waals surface area contributed by atoms with Crippen LogP contribution in [0.25, 0.3) is 10.8 Å². The number of fused-ring (bicyclic) bond motifs is 3. The number of nitrogen functional groups attached to an aromatic ring is 1. The van der Waals surface area contributed by atoms with Gasteiger partial charge >= 0.3 is 0 Å². The number of nitrogens with one attached hydrogen (secondary N) is 3. The largest absolute Gasteiger partial charge is 0.496 e. The Kier molecular flexibility index (Phi) is 6.01. The summed E-state index contributed by atoms with van der Waals surface area (Å²) in [6.07, 6.45) is 3.47. The highest BCUT2D eigenvalue weighted by molar-refractivity contribution is 5.94. The molecule has 3 aromatic carbocycles. The minimum Gasteiger partial charge on any atom is -0.496 e. The van der Waals surface area contributed by atoms with Crippen LogP contribution in [0.15, 0.2) is 79.1 Å². The number of para-hydroxylation sites is 1. The third-order valence-corrected chi connectivity index (χ3v) is 6.68. The molecule has 9 heteroatoms. The van der Waals surface area contributed by atoms with Crippen molar-refractivity contribution in [1.82, 2.24) is 19.9 Å². The lowest BCUT2D eigenvalue weighted by Crippen LogP contribution is -2.23. The molecule has 0 atom stereocenters. The number of pyridine rings is 1. The molecule has 5 N–H and O–H groups in total. The normalized spacial score (nSPS) is 12.1. The predicted molar refractivity (Wildman–Crippen MR) is 149 cm³/mol. The molecule has 0 radical (unpaired) electrons. The number of carbonyl (C=O) groups excluding carboxylic acids is 1. The summed E-state index contributed by atoms with van der Waals surface area (Å²) in [4.78, 5) is 21.8. The van der Waals surface area contributed by atoms with E-state index in [0.29, 0.717) is 36.9 Å². The van der Waals surface area contributed by atoms with Crippen molar-refractivity contribution in [3.05, 3.63) is 102 Å². The van der Waals surface area contributed by atoms with Crippen molar-refractivity contribution in [2.24, 2.45) is 0 Å². The van der Waals surface area contributed by atoms with Crippen molar-refractivity contribution in [1.29, 1.82) is 0 Å². The molecule has 1 aliphatic heterocycles. The molecule has 6 rings (SSSR count). The van der Waals surface area contributed by atoms with Crippen LogP contribution in [0.4, 0.5) is 22.9 Å². The van der Waals surface area contributed by atoms with Crippen LogP contribution < -0.4 is 26.4 Å². The van der Waals surface area contributed by atoms with Crippen LogP contribution in [-0.2, 0) is 19.6 Å². The summed E-state index contributed by atoms with van der Waals surface area (Å²) in [5.41, 5.74) is 11.4. The van der Waals surface area contributed by atoms with E-state index < -0.39 is 0 Å². The Bertz CT molecular complexity index is 1650. The molecular formula is C29H27N7O2. The number of hydrogen-bond acceptors (Lipinski definition) is 7. The van der Waals surface area contributed by atoms with Gasteiger partial charge in [-0.2, -0.15) is 0 Å². The maximum absolute atomic E-state index is 13.0. The highest BCUT2D eigenvalue weighted by Gasteiger charge is 2.19. The highest BCUT2D eigenvalue weighted by Crippen LogP contribution is 2.29. The second-order valence-corrected chi connectivity index (χ2v) is 9.15. The summed E-state index contributed by atoms with van der Waals surface area (Å²) in [6.45, 7) is 1.43. The highest BCUT2D eigenvalue weighted by atomic mass is 16.5. The van der Waals surface area contributed by atoms with E-state index in [1.165, 1.54) is 0 Å². The monoisotopic (exact) mass is 505 g/mol. The zero-order valence-corrected chi connectivity index (χ0v) is 20.9. The minimum atomic E-state index is -0.246. The summed E-state index contributed by atoms with van der Waals surface area (Å²) >= 11 is 0. The number of rotatable bonds is 6. The molecule has 190 valence electrons. The molecule has 0 unspecified atom stereocenters. The second-order valence-electron chi connectivity index (χ2n) is 9.15. The van der Waals surface area contributed by atoms with E-state index in [2.05, 4.69) is 44.1 Å². The molecule has 3 heterocycles. The van der Waals surface area contributed by atoms with Gasteiger partial charge in [-0.1, -0.05) is 24.3 Å². The fourth-order valence-corrected chi connectivity index (χ4v) is 4.71. The third-order valence-electron chi connectivity index (χ3n) is 6.68. The van der Waals surface area contributed by atoms with Gasteiger partial charge in [-0.15, -0.1) is 0 Å². The first kappa shape index (κ1) is 23.4. The number of ether oxygens (including phenoxy) is 1. The number of amides is 1. The lowest BCUT2D eigenvalue weighted by atomic mass is 10.1. The van der Waals surface area contributed by atoms with Gasteiger partial charge in [0.1, 0.15) is 23.1 Å². The Hall–Kier alpha value is -5.05. The molecule has 38 heavy (non-hydrogen) atoms. The topological polar surface area (TPSA) is 119 Å². The first-order valence-electron chi connectivity index (χ1n) is 12.3. The Labute approximate surface area is 219 Å². The number of aromatic nitrogens is 3. The molecule has 2 aromatic heterocycles. The summed E-state index contributed by atoms with van der Waals surface area (Å²) in [5.74, 6) is 1.63. The van der Waals surface area contributed by atoms with E-state index in [4.69, 9.17) is 10.5 Å². The molecule has 0 saturated carbocycles. The van der Waals surface area contributed by atoms with Gasteiger partial charge in [0.15, 0.2) is 0 Å². The van der Waals surface area contributed by atoms with E-state index in [1.807, 2.05) is 59.3 Å². The van der Waals surface area contributed by atoms with Gasteiger partial charge in [0, 0.05) is 47.0 Å². The van der Waals surface area contributed by atoms with E-state index in [9.17, 15) is 4.79 Å². The van der Waals surface area contributed by atoms with Crippen molar-refractivity contribution in [3.63, 3.8) is 0 Å². The van der Waals surface area contributed by atoms with Gasteiger partial charge in [0.05, 0.1) is 20.2 Å². The number of anilines is 4. The summed E-state index contributed by atoms with van der Waals surface area (Å²) in [7, 11) is 1.59. The van der Waals surface area contributed by atoms with E-state index >= 15 is 0 Å². The zero-order chi connectivity index (χ0) is 26.1. The molecule has 1 amide bonds. The number of nitrogens with two attached hydrogens (primary N) is 1. The smallest absolute Gasteiger partial charge is 0.271 e. The van der Waals surface area contributed by atoms with Gasteiger partial charge in [-0.05, 0) is 53.4 Å². The Morgan fingerprint density at radius 1 is 1.11 bits per heavy atom. The van der Waals surface area contributed by atoms with Crippen LogP contribution in [-0.4, -0.2) is 27.6 Å². The SMILES string of the molecule is COc1cc2c(N)nccc2cc1CNC(=O)c1cn2c(n1)CNc1cc(Nc3ccccc3)ccc1C2. The maximum Gasteiger partial charge on any atom is 0.271 e. The third kappa shape index (κ3) is 4.57. The molecule has 0 saturated heterocycles.